The van der Waals surface area contributed by atoms with E-state index in [1.54, 1.807) is 17.3 Å². The Labute approximate surface area is 122 Å². The Kier molecular flexibility index (Phi) is 3.55. The Balaban J connectivity index is 1.95. The van der Waals surface area contributed by atoms with Gasteiger partial charge in [-0.3, -0.25) is 4.79 Å². The van der Waals surface area contributed by atoms with Gasteiger partial charge in [0.15, 0.2) is 0 Å². The number of hydrogen-bond acceptors (Lipinski definition) is 3. The Morgan fingerprint density at radius 2 is 2.10 bits per heavy atom. The van der Waals surface area contributed by atoms with E-state index >= 15 is 0 Å². The summed E-state index contributed by atoms with van der Waals surface area (Å²) in [5, 5.41) is 0. The molecule has 0 unspecified atom stereocenters. The molecule has 0 radical (unpaired) electrons. The number of H-pyrrole nitrogens is 1. The highest BCUT2D eigenvalue weighted by molar-refractivity contribution is 6.05. The molecule has 2 heterocycles. The lowest BCUT2D eigenvalue weighted by Crippen LogP contribution is -2.30. The lowest BCUT2D eigenvalue weighted by atomic mass is 10.2. The Hall–Kier alpha value is -2.82. The largest absolute Gasteiger partial charge is 0.472 e. The topological polar surface area (TPSA) is 62.1 Å². The third kappa shape index (κ3) is 2.72. The van der Waals surface area contributed by atoms with Crippen molar-refractivity contribution in [3.8, 4) is 0 Å². The number of anilines is 1. The summed E-state index contributed by atoms with van der Waals surface area (Å²) in [7, 11) is 0. The molecule has 1 N–H and O–H groups in total. The maximum absolute atomic E-state index is 12.7. The van der Waals surface area contributed by atoms with Gasteiger partial charge in [-0.25, -0.2) is 4.98 Å². The number of hydrogen-bond donors (Lipinski definition) is 1. The van der Waals surface area contributed by atoms with Gasteiger partial charge in [-0.15, -0.1) is 0 Å². The number of amides is 1. The molecule has 0 aliphatic rings. The van der Waals surface area contributed by atoms with Crippen LogP contribution < -0.4 is 4.90 Å². The van der Waals surface area contributed by atoms with Crippen LogP contribution >= 0.6 is 0 Å². The van der Waals surface area contributed by atoms with Crippen LogP contribution in [0.5, 0.6) is 0 Å². The zero-order valence-electron chi connectivity index (χ0n) is 11.6. The number of aromatic nitrogens is 2. The Morgan fingerprint density at radius 1 is 1.29 bits per heavy atom. The van der Waals surface area contributed by atoms with Gasteiger partial charge in [0.1, 0.15) is 6.26 Å². The molecule has 0 spiro atoms. The smallest absolute Gasteiger partial charge is 0.261 e. The quantitative estimate of drug-likeness (QED) is 0.799. The fourth-order valence-electron chi connectivity index (χ4n) is 2.13. The molecule has 1 amide bonds. The minimum absolute atomic E-state index is 0.114. The zero-order chi connectivity index (χ0) is 14.7. The monoisotopic (exact) mass is 281 g/mol. The van der Waals surface area contributed by atoms with E-state index in [1.807, 2.05) is 37.3 Å². The summed E-state index contributed by atoms with van der Waals surface area (Å²) in [5.74, 6) is -0.114. The molecule has 2 aromatic heterocycles. The predicted octanol–water partition coefficient (Wildman–Crippen LogP) is 3.16. The summed E-state index contributed by atoms with van der Waals surface area (Å²) in [6.07, 6.45) is 4.59. The molecule has 5 nitrogen and oxygen atoms in total. The summed E-state index contributed by atoms with van der Waals surface area (Å²) >= 11 is 0. The number of para-hydroxylation sites is 1. The Morgan fingerprint density at radius 3 is 2.71 bits per heavy atom. The number of imidazole rings is 1. The fourth-order valence-corrected chi connectivity index (χ4v) is 2.13. The molecule has 0 saturated carbocycles. The van der Waals surface area contributed by atoms with Crippen molar-refractivity contribution < 1.29 is 9.21 Å². The summed E-state index contributed by atoms with van der Waals surface area (Å²) in [6.45, 7) is 2.34. The number of aryl methyl sites for hydroxylation is 1. The first-order valence-corrected chi connectivity index (χ1v) is 6.63. The van der Waals surface area contributed by atoms with Crippen LogP contribution in [-0.2, 0) is 6.54 Å². The van der Waals surface area contributed by atoms with Crippen molar-refractivity contribution in [2.45, 2.75) is 13.5 Å². The molecule has 0 atom stereocenters. The van der Waals surface area contributed by atoms with Crippen molar-refractivity contribution >= 4 is 11.6 Å². The standard InChI is InChI=1S/C16H15N3O2/c1-12-15(18-11-17-12)9-19(14-5-3-2-4-6-14)16(20)13-7-8-21-10-13/h2-8,10-11H,9H2,1H3,(H,17,18). The minimum Gasteiger partial charge on any atom is -0.472 e. The third-order valence-corrected chi connectivity index (χ3v) is 3.32. The highest BCUT2D eigenvalue weighted by Gasteiger charge is 2.20. The predicted molar refractivity (Wildman–Crippen MR) is 79.0 cm³/mol. The van der Waals surface area contributed by atoms with Crippen molar-refractivity contribution in [3.05, 3.63) is 72.2 Å². The first-order valence-electron chi connectivity index (χ1n) is 6.63. The number of benzene rings is 1. The molecule has 3 rings (SSSR count). The number of aromatic amines is 1. The van der Waals surface area contributed by atoms with Crippen LogP contribution in [0.15, 0.2) is 59.7 Å². The van der Waals surface area contributed by atoms with E-state index in [0.717, 1.165) is 17.1 Å². The van der Waals surface area contributed by atoms with Crippen LogP contribution in [0.3, 0.4) is 0 Å². The van der Waals surface area contributed by atoms with E-state index < -0.39 is 0 Å². The van der Waals surface area contributed by atoms with Gasteiger partial charge >= 0.3 is 0 Å². The molecule has 21 heavy (non-hydrogen) atoms. The summed E-state index contributed by atoms with van der Waals surface area (Å²) in [5.41, 5.74) is 3.14. The van der Waals surface area contributed by atoms with Gasteiger partial charge in [-0.1, -0.05) is 18.2 Å². The van der Waals surface area contributed by atoms with Crippen molar-refractivity contribution in [2.24, 2.45) is 0 Å². The van der Waals surface area contributed by atoms with Crippen molar-refractivity contribution in [2.75, 3.05) is 4.90 Å². The fraction of sp³-hybridized carbons (Fsp3) is 0.125. The van der Waals surface area contributed by atoms with E-state index in [4.69, 9.17) is 4.42 Å². The summed E-state index contributed by atoms with van der Waals surface area (Å²) in [6, 6.07) is 11.2. The molecule has 1 aromatic carbocycles. The van der Waals surface area contributed by atoms with Crippen LogP contribution in [0.2, 0.25) is 0 Å². The van der Waals surface area contributed by atoms with Gasteiger partial charge in [-0.05, 0) is 25.1 Å². The van der Waals surface area contributed by atoms with Crippen LogP contribution in [0.25, 0.3) is 0 Å². The van der Waals surface area contributed by atoms with E-state index in [1.165, 1.54) is 12.5 Å². The lowest BCUT2D eigenvalue weighted by molar-refractivity contribution is 0.0984. The summed E-state index contributed by atoms with van der Waals surface area (Å²) < 4.78 is 5.01. The highest BCUT2D eigenvalue weighted by Crippen LogP contribution is 2.20. The van der Waals surface area contributed by atoms with Gasteiger partial charge in [0.05, 0.1) is 30.4 Å². The second-order valence-corrected chi connectivity index (χ2v) is 4.71. The number of furan rings is 1. The van der Waals surface area contributed by atoms with Gasteiger partial charge in [0.2, 0.25) is 0 Å². The van der Waals surface area contributed by atoms with E-state index in [-0.39, 0.29) is 5.91 Å². The van der Waals surface area contributed by atoms with Crippen molar-refractivity contribution in [1.82, 2.24) is 9.97 Å². The molecular formula is C16H15N3O2. The average molecular weight is 281 g/mol. The molecule has 0 fully saturated rings. The van der Waals surface area contributed by atoms with Crippen molar-refractivity contribution in [3.63, 3.8) is 0 Å². The molecule has 106 valence electrons. The lowest BCUT2D eigenvalue weighted by Gasteiger charge is -2.21. The van der Waals surface area contributed by atoms with Gasteiger partial charge in [-0.2, -0.15) is 0 Å². The zero-order valence-corrected chi connectivity index (χ0v) is 11.6. The van der Waals surface area contributed by atoms with Crippen LogP contribution in [0.1, 0.15) is 21.7 Å². The second-order valence-electron chi connectivity index (χ2n) is 4.71. The van der Waals surface area contributed by atoms with Gasteiger partial charge < -0.3 is 14.3 Å². The normalized spacial score (nSPS) is 10.5. The molecule has 0 aliphatic carbocycles. The van der Waals surface area contributed by atoms with E-state index in [2.05, 4.69) is 9.97 Å². The maximum Gasteiger partial charge on any atom is 0.261 e. The number of carbonyl (C=O) groups excluding carboxylic acids is 1. The number of nitrogens with zero attached hydrogens (tertiary/aromatic N) is 2. The van der Waals surface area contributed by atoms with Crippen LogP contribution in [0, 0.1) is 6.92 Å². The number of rotatable bonds is 4. The second kappa shape index (κ2) is 5.66. The molecular weight excluding hydrogens is 266 g/mol. The van der Waals surface area contributed by atoms with E-state index in [0.29, 0.717) is 12.1 Å². The van der Waals surface area contributed by atoms with Gasteiger partial charge in [0, 0.05) is 11.4 Å². The molecule has 0 bridgehead atoms. The molecule has 0 aliphatic heterocycles. The first-order chi connectivity index (χ1) is 10.3. The van der Waals surface area contributed by atoms with Gasteiger partial charge in [0.25, 0.3) is 5.91 Å². The average Bonchev–Trinajstić information content (AvgIpc) is 3.17. The van der Waals surface area contributed by atoms with Crippen LogP contribution in [-0.4, -0.2) is 15.9 Å². The molecule has 3 aromatic rings. The molecule has 5 heteroatoms. The SMILES string of the molecule is Cc1[nH]cnc1CN(C(=O)c1ccoc1)c1ccccc1. The van der Waals surface area contributed by atoms with E-state index in [9.17, 15) is 4.79 Å². The highest BCUT2D eigenvalue weighted by atomic mass is 16.3. The maximum atomic E-state index is 12.7. The number of nitrogens with one attached hydrogen (secondary N) is 1. The summed E-state index contributed by atoms with van der Waals surface area (Å²) in [4.78, 5) is 21.7. The minimum atomic E-state index is -0.114. The third-order valence-electron chi connectivity index (χ3n) is 3.32. The Bertz CT molecular complexity index is 717. The van der Waals surface area contributed by atoms with Crippen LogP contribution in [0.4, 0.5) is 5.69 Å². The first kappa shape index (κ1) is 13.2. The molecule has 0 saturated heterocycles. The van der Waals surface area contributed by atoms with Crippen molar-refractivity contribution in [1.29, 1.82) is 0 Å². The number of carbonyl (C=O) groups is 1.